The first kappa shape index (κ1) is 22.9. The lowest BCUT2D eigenvalue weighted by atomic mass is 10.2. The van der Waals surface area contributed by atoms with Crippen LogP contribution in [0.4, 0.5) is 0 Å². The lowest BCUT2D eigenvalue weighted by Gasteiger charge is -2.10. The van der Waals surface area contributed by atoms with Crippen molar-refractivity contribution in [1.29, 1.82) is 0 Å². The second-order valence-corrected chi connectivity index (χ2v) is 8.57. The molecule has 0 spiro atoms. The Morgan fingerprint density at radius 3 is 2.71 bits per heavy atom. The Labute approximate surface area is 188 Å². The molecule has 3 aromatic rings. The Kier molecular flexibility index (Phi) is 8.17. The Morgan fingerprint density at radius 1 is 1.19 bits per heavy atom. The number of rotatable bonds is 10. The fourth-order valence-electron chi connectivity index (χ4n) is 3.30. The summed E-state index contributed by atoms with van der Waals surface area (Å²) in [5.74, 6) is 2.88. The third-order valence-corrected chi connectivity index (χ3v) is 5.83. The molecule has 0 fully saturated rings. The molecule has 0 aliphatic rings. The van der Waals surface area contributed by atoms with E-state index in [0.29, 0.717) is 12.5 Å². The number of H-pyrrole nitrogens is 1. The minimum Gasteiger partial charge on any atom is -0.497 e. The number of fused-ring (bicyclic) bond motifs is 1. The number of guanidine groups is 1. The number of benzene rings is 1. The van der Waals surface area contributed by atoms with Gasteiger partial charge in [0.2, 0.25) is 0 Å². The van der Waals surface area contributed by atoms with Crippen molar-refractivity contribution in [3.63, 3.8) is 0 Å². The maximum Gasteiger partial charge on any atom is 0.191 e. The molecule has 7 nitrogen and oxygen atoms in total. The molecule has 1 aromatic carbocycles. The topological polar surface area (TPSA) is 83.6 Å². The van der Waals surface area contributed by atoms with E-state index in [2.05, 4.69) is 57.8 Å². The van der Waals surface area contributed by atoms with Crippen LogP contribution in [0.25, 0.3) is 10.9 Å². The van der Waals surface area contributed by atoms with Crippen molar-refractivity contribution < 1.29 is 9.47 Å². The van der Waals surface area contributed by atoms with E-state index in [1.54, 1.807) is 25.6 Å². The standard InChI is InChI=1S/C23H33N5O2S/c1-6-24-23(26-13-22-28-20(14-31-22)15(2)3)25-9-7-8-16-10-18-19(27-16)11-17(29-4)12-21(18)30-5/h10-12,14-15,27H,6-9,13H2,1-5H3,(H2,24,25,26). The van der Waals surface area contributed by atoms with Crippen molar-refractivity contribution in [1.82, 2.24) is 20.6 Å². The predicted molar refractivity (Wildman–Crippen MR) is 129 cm³/mol. The summed E-state index contributed by atoms with van der Waals surface area (Å²) in [4.78, 5) is 12.8. The fraction of sp³-hybridized carbons (Fsp3) is 0.478. The van der Waals surface area contributed by atoms with Crippen molar-refractivity contribution >= 4 is 28.2 Å². The van der Waals surface area contributed by atoms with Gasteiger partial charge in [-0.15, -0.1) is 11.3 Å². The summed E-state index contributed by atoms with van der Waals surface area (Å²) in [6, 6.07) is 6.06. The average molecular weight is 444 g/mol. The number of hydrogen-bond acceptors (Lipinski definition) is 5. The molecule has 2 aromatic heterocycles. The van der Waals surface area contributed by atoms with E-state index in [-0.39, 0.29) is 0 Å². The van der Waals surface area contributed by atoms with E-state index >= 15 is 0 Å². The van der Waals surface area contributed by atoms with E-state index < -0.39 is 0 Å². The number of hydrogen-bond donors (Lipinski definition) is 3. The smallest absolute Gasteiger partial charge is 0.191 e. The maximum atomic E-state index is 5.50. The first-order valence-electron chi connectivity index (χ1n) is 10.7. The van der Waals surface area contributed by atoms with Crippen LogP contribution >= 0.6 is 11.3 Å². The summed E-state index contributed by atoms with van der Waals surface area (Å²) >= 11 is 1.67. The van der Waals surface area contributed by atoms with Crippen molar-refractivity contribution in [2.45, 2.75) is 46.1 Å². The number of aromatic amines is 1. The molecule has 3 rings (SSSR count). The molecule has 0 bridgehead atoms. The predicted octanol–water partition coefficient (Wildman–Crippen LogP) is 4.45. The molecule has 8 heteroatoms. The van der Waals surface area contributed by atoms with Crippen LogP contribution in [0.3, 0.4) is 0 Å². The number of aliphatic imine (C=N–C) groups is 1. The normalized spacial score (nSPS) is 11.9. The minimum absolute atomic E-state index is 0.450. The van der Waals surface area contributed by atoms with Crippen LogP contribution in [0.1, 0.15) is 49.5 Å². The Balaban J connectivity index is 1.54. The number of aryl methyl sites for hydroxylation is 1. The monoisotopic (exact) mass is 443 g/mol. The summed E-state index contributed by atoms with van der Waals surface area (Å²) < 4.78 is 10.9. The van der Waals surface area contributed by atoms with Crippen molar-refractivity contribution in [2.24, 2.45) is 4.99 Å². The maximum absolute atomic E-state index is 5.50. The third-order valence-electron chi connectivity index (χ3n) is 4.98. The molecular weight excluding hydrogens is 410 g/mol. The second kappa shape index (κ2) is 11.0. The zero-order valence-corrected chi connectivity index (χ0v) is 19.9. The lowest BCUT2D eigenvalue weighted by Crippen LogP contribution is -2.37. The molecule has 0 saturated carbocycles. The van der Waals surface area contributed by atoms with Gasteiger partial charge in [-0.25, -0.2) is 9.98 Å². The van der Waals surface area contributed by atoms with Crippen LogP contribution in [-0.4, -0.2) is 43.2 Å². The number of aromatic nitrogens is 2. The lowest BCUT2D eigenvalue weighted by molar-refractivity contribution is 0.398. The van der Waals surface area contributed by atoms with E-state index in [9.17, 15) is 0 Å². The molecular formula is C23H33N5O2S. The molecule has 31 heavy (non-hydrogen) atoms. The quantitative estimate of drug-likeness (QED) is 0.245. The number of methoxy groups -OCH3 is 2. The zero-order valence-electron chi connectivity index (χ0n) is 19.0. The first-order chi connectivity index (χ1) is 15.0. The van der Waals surface area contributed by atoms with Gasteiger partial charge < -0.3 is 25.1 Å². The summed E-state index contributed by atoms with van der Waals surface area (Å²) in [6.45, 7) is 8.64. The van der Waals surface area contributed by atoms with Gasteiger partial charge in [0.05, 0.1) is 32.0 Å². The van der Waals surface area contributed by atoms with Gasteiger partial charge in [-0.2, -0.15) is 0 Å². The molecule has 0 unspecified atom stereocenters. The highest BCUT2D eigenvalue weighted by Crippen LogP contribution is 2.31. The third kappa shape index (κ3) is 6.13. The molecule has 168 valence electrons. The van der Waals surface area contributed by atoms with Crippen molar-refractivity contribution in [3.05, 3.63) is 40.0 Å². The average Bonchev–Trinajstić information content (AvgIpc) is 3.41. The van der Waals surface area contributed by atoms with Gasteiger partial charge in [-0.1, -0.05) is 13.8 Å². The van der Waals surface area contributed by atoms with Gasteiger partial charge in [0, 0.05) is 41.7 Å². The molecule has 0 radical (unpaired) electrons. The first-order valence-corrected chi connectivity index (χ1v) is 11.6. The summed E-state index contributed by atoms with van der Waals surface area (Å²) in [7, 11) is 3.35. The van der Waals surface area contributed by atoms with Gasteiger partial charge in [-0.3, -0.25) is 0 Å². The van der Waals surface area contributed by atoms with Gasteiger partial charge in [-0.05, 0) is 31.7 Å². The van der Waals surface area contributed by atoms with Gasteiger partial charge in [0.25, 0.3) is 0 Å². The molecule has 2 heterocycles. The molecule has 0 atom stereocenters. The highest BCUT2D eigenvalue weighted by atomic mass is 32.1. The Hall–Kier alpha value is -2.74. The van der Waals surface area contributed by atoms with Gasteiger partial charge >= 0.3 is 0 Å². The Morgan fingerprint density at radius 2 is 2.03 bits per heavy atom. The van der Waals surface area contributed by atoms with Gasteiger partial charge in [0.1, 0.15) is 16.5 Å². The van der Waals surface area contributed by atoms with E-state index in [0.717, 1.165) is 65.0 Å². The number of thiazole rings is 1. The van der Waals surface area contributed by atoms with E-state index in [4.69, 9.17) is 9.47 Å². The summed E-state index contributed by atoms with van der Waals surface area (Å²) in [6.07, 6.45) is 1.90. The number of nitrogens with one attached hydrogen (secondary N) is 3. The van der Waals surface area contributed by atoms with Crippen molar-refractivity contribution in [2.75, 3.05) is 27.3 Å². The van der Waals surface area contributed by atoms with Crippen LogP contribution in [-0.2, 0) is 13.0 Å². The highest BCUT2D eigenvalue weighted by molar-refractivity contribution is 7.09. The van der Waals surface area contributed by atoms with Gasteiger partial charge in [0.15, 0.2) is 5.96 Å². The summed E-state index contributed by atoms with van der Waals surface area (Å²) in [5.41, 5.74) is 3.34. The molecule has 0 saturated heterocycles. The van der Waals surface area contributed by atoms with Crippen LogP contribution in [0.5, 0.6) is 11.5 Å². The number of ether oxygens (including phenoxy) is 2. The molecule has 0 amide bonds. The van der Waals surface area contributed by atoms with Crippen LogP contribution in [0.2, 0.25) is 0 Å². The largest absolute Gasteiger partial charge is 0.497 e. The Bertz CT molecular complexity index is 1010. The number of nitrogens with zero attached hydrogens (tertiary/aromatic N) is 2. The van der Waals surface area contributed by atoms with E-state index in [1.807, 2.05) is 12.1 Å². The van der Waals surface area contributed by atoms with Crippen LogP contribution in [0, 0.1) is 0 Å². The zero-order chi connectivity index (χ0) is 22.2. The minimum atomic E-state index is 0.450. The SMILES string of the molecule is CCNC(=NCc1nc(C(C)C)cs1)NCCCc1cc2c(OC)cc(OC)cc2[nH]1. The fourth-order valence-corrected chi connectivity index (χ4v) is 4.17. The molecule has 0 aliphatic carbocycles. The van der Waals surface area contributed by atoms with Crippen LogP contribution in [0.15, 0.2) is 28.6 Å². The van der Waals surface area contributed by atoms with E-state index in [1.165, 1.54) is 5.69 Å². The van der Waals surface area contributed by atoms with Crippen LogP contribution < -0.4 is 20.1 Å². The molecule has 3 N–H and O–H groups in total. The summed E-state index contributed by atoms with van der Waals surface area (Å²) in [5, 5.41) is 11.0. The highest BCUT2D eigenvalue weighted by Gasteiger charge is 2.09. The van der Waals surface area contributed by atoms with Crippen molar-refractivity contribution in [3.8, 4) is 11.5 Å². The second-order valence-electron chi connectivity index (χ2n) is 7.63. The molecule has 0 aliphatic heterocycles.